The molecule has 0 aliphatic heterocycles. The Morgan fingerprint density at radius 1 is 1.38 bits per heavy atom. The van der Waals surface area contributed by atoms with Gasteiger partial charge in [-0.25, -0.2) is 0 Å². The molecule has 0 spiro atoms. The van der Waals surface area contributed by atoms with E-state index in [2.05, 4.69) is 66.3 Å². The molecule has 0 aromatic carbocycles. The van der Waals surface area contributed by atoms with Crippen LogP contribution < -0.4 is 10.6 Å². The maximum absolute atomic E-state index is 4.28. The van der Waals surface area contributed by atoms with Crippen molar-refractivity contribution < 1.29 is 0 Å². The second-order valence-electron chi connectivity index (χ2n) is 6.76. The fourth-order valence-corrected chi connectivity index (χ4v) is 2.00. The molecule has 0 fully saturated rings. The topological polar surface area (TPSA) is 41.4 Å². The number of guanidine groups is 1. The molecule has 4 nitrogen and oxygen atoms in total. The fraction of sp³-hybridized carbons (Fsp3) is 0.688. The molecule has 122 valence electrons. The van der Waals surface area contributed by atoms with E-state index in [-0.39, 0.29) is 24.0 Å². The lowest BCUT2D eigenvalue weighted by Gasteiger charge is -2.23. The van der Waals surface area contributed by atoms with Crippen molar-refractivity contribution in [3.8, 4) is 0 Å². The van der Waals surface area contributed by atoms with Crippen molar-refractivity contribution in [3.05, 3.63) is 24.0 Å². The standard InChI is InChI=1S/C16H30N4.HI/c1-13(7-9-16(2,3)4)19-15(17-5)18-11-14-8-10-20(6)12-14;/h8,10,12-13H,7,9,11H2,1-6H3,(H2,17,18,19);1H. The highest BCUT2D eigenvalue weighted by atomic mass is 127. The van der Waals surface area contributed by atoms with Crippen molar-refractivity contribution in [1.29, 1.82) is 0 Å². The summed E-state index contributed by atoms with van der Waals surface area (Å²) in [5.74, 6) is 0.871. The van der Waals surface area contributed by atoms with E-state index in [0.29, 0.717) is 11.5 Å². The van der Waals surface area contributed by atoms with Crippen molar-refractivity contribution in [1.82, 2.24) is 15.2 Å². The summed E-state index contributed by atoms with van der Waals surface area (Å²) in [5.41, 5.74) is 1.65. The lowest BCUT2D eigenvalue weighted by molar-refractivity contribution is 0.346. The summed E-state index contributed by atoms with van der Waals surface area (Å²) < 4.78 is 2.05. The zero-order chi connectivity index (χ0) is 15.2. The van der Waals surface area contributed by atoms with E-state index in [1.165, 1.54) is 12.0 Å². The number of aromatic nitrogens is 1. The SMILES string of the molecule is CN=C(NCc1ccn(C)c1)NC(C)CCC(C)(C)C.I. The van der Waals surface area contributed by atoms with Crippen LogP contribution in [0, 0.1) is 5.41 Å². The maximum Gasteiger partial charge on any atom is 0.191 e. The van der Waals surface area contributed by atoms with Crippen LogP contribution in [0.2, 0.25) is 0 Å². The third-order valence-electron chi connectivity index (χ3n) is 3.29. The molecule has 1 aromatic heterocycles. The quantitative estimate of drug-likeness (QED) is 0.446. The minimum Gasteiger partial charge on any atom is -0.357 e. The third kappa shape index (κ3) is 9.01. The first kappa shape index (κ1) is 20.3. The average molecular weight is 406 g/mol. The highest BCUT2D eigenvalue weighted by Gasteiger charge is 2.13. The van der Waals surface area contributed by atoms with Gasteiger partial charge in [0.05, 0.1) is 0 Å². The number of nitrogens with zero attached hydrogens (tertiary/aromatic N) is 2. The number of rotatable bonds is 5. The van der Waals surface area contributed by atoms with Gasteiger partial charge in [0.1, 0.15) is 0 Å². The molecule has 5 heteroatoms. The summed E-state index contributed by atoms with van der Waals surface area (Å²) in [7, 11) is 3.85. The van der Waals surface area contributed by atoms with E-state index < -0.39 is 0 Å². The van der Waals surface area contributed by atoms with Crippen LogP contribution in [-0.4, -0.2) is 23.6 Å². The highest BCUT2D eigenvalue weighted by Crippen LogP contribution is 2.21. The lowest BCUT2D eigenvalue weighted by atomic mass is 9.89. The Morgan fingerprint density at radius 2 is 2.05 bits per heavy atom. The number of aryl methyl sites for hydroxylation is 1. The first-order valence-electron chi connectivity index (χ1n) is 7.38. The molecule has 1 heterocycles. The molecule has 0 aliphatic rings. The minimum atomic E-state index is 0. The van der Waals surface area contributed by atoms with E-state index in [1.54, 1.807) is 0 Å². The minimum absolute atomic E-state index is 0. The molecule has 1 unspecified atom stereocenters. The van der Waals surface area contributed by atoms with Crippen LogP contribution in [-0.2, 0) is 13.6 Å². The van der Waals surface area contributed by atoms with Crippen molar-refractivity contribution >= 4 is 29.9 Å². The third-order valence-corrected chi connectivity index (χ3v) is 3.29. The molecule has 0 amide bonds. The van der Waals surface area contributed by atoms with Gasteiger partial charge in [0.2, 0.25) is 0 Å². The molecule has 0 saturated heterocycles. The number of aliphatic imine (C=N–C) groups is 1. The molecule has 0 radical (unpaired) electrons. The van der Waals surface area contributed by atoms with Crippen LogP contribution in [0.15, 0.2) is 23.5 Å². The van der Waals surface area contributed by atoms with Crippen LogP contribution in [0.3, 0.4) is 0 Å². The largest absolute Gasteiger partial charge is 0.357 e. The van der Waals surface area contributed by atoms with Gasteiger partial charge in [0.25, 0.3) is 0 Å². The number of halogens is 1. The molecule has 0 bridgehead atoms. The van der Waals surface area contributed by atoms with Gasteiger partial charge in [0, 0.05) is 39.1 Å². The van der Waals surface area contributed by atoms with E-state index >= 15 is 0 Å². The number of hydrogen-bond donors (Lipinski definition) is 2. The second-order valence-corrected chi connectivity index (χ2v) is 6.76. The van der Waals surface area contributed by atoms with Crippen LogP contribution in [0.5, 0.6) is 0 Å². The maximum atomic E-state index is 4.28. The lowest BCUT2D eigenvalue weighted by Crippen LogP contribution is -2.42. The van der Waals surface area contributed by atoms with E-state index in [9.17, 15) is 0 Å². The van der Waals surface area contributed by atoms with Crippen molar-refractivity contribution in [2.24, 2.45) is 17.5 Å². The molecule has 1 rings (SSSR count). The van der Waals surface area contributed by atoms with Gasteiger partial charge >= 0.3 is 0 Å². The Labute approximate surface area is 146 Å². The summed E-state index contributed by atoms with van der Waals surface area (Å²) in [6.07, 6.45) is 6.52. The summed E-state index contributed by atoms with van der Waals surface area (Å²) >= 11 is 0. The van der Waals surface area contributed by atoms with Crippen molar-refractivity contribution in [2.45, 2.75) is 53.1 Å². The van der Waals surface area contributed by atoms with Crippen LogP contribution in [0.1, 0.15) is 46.1 Å². The van der Waals surface area contributed by atoms with Crippen molar-refractivity contribution in [3.63, 3.8) is 0 Å². The van der Waals surface area contributed by atoms with Crippen LogP contribution >= 0.6 is 24.0 Å². The summed E-state index contributed by atoms with van der Waals surface area (Å²) in [6, 6.07) is 2.54. The van der Waals surface area contributed by atoms with E-state index in [1.807, 2.05) is 14.1 Å². The average Bonchev–Trinajstić information content (AvgIpc) is 2.77. The Morgan fingerprint density at radius 3 is 2.52 bits per heavy atom. The molecular formula is C16H31IN4. The first-order chi connectivity index (χ1) is 9.30. The zero-order valence-electron chi connectivity index (χ0n) is 14.2. The number of nitrogens with one attached hydrogen (secondary N) is 2. The summed E-state index contributed by atoms with van der Waals surface area (Å²) in [5, 5.41) is 6.80. The number of hydrogen-bond acceptors (Lipinski definition) is 1. The predicted octanol–water partition coefficient (Wildman–Crippen LogP) is 3.52. The zero-order valence-corrected chi connectivity index (χ0v) is 16.6. The second kappa shape index (κ2) is 9.33. The van der Waals surface area contributed by atoms with Crippen LogP contribution in [0.25, 0.3) is 0 Å². The van der Waals surface area contributed by atoms with Gasteiger partial charge in [0.15, 0.2) is 5.96 Å². The Hall–Kier alpha value is -0.720. The van der Waals surface area contributed by atoms with Gasteiger partial charge in [-0.3, -0.25) is 4.99 Å². The van der Waals surface area contributed by atoms with Gasteiger partial charge < -0.3 is 15.2 Å². The Kier molecular flexibility index (Phi) is 9.01. The smallest absolute Gasteiger partial charge is 0.191 e. The predicted molar refractivity (Wildman–Crippen MR) is 102 cm³/mol. The molecular weight excluding hydrogens is 375 g/mol. The molecule has 0 aliphatic carbocycles. The van der Waals surface area contributed by atoms with Gasteiger partial charge in [-0.1, -0.05) is 20.8 Å². The van der Waals surface area contributed by atoms with Crippen molar-refractivity contribution in [2.75, 3.05) is 7.05 Å². The van der Waals surface area contributed by atoms with Crippen LogP contribution in [0.4, 0.5) is 0 Å². The summed E-state index contributed by atoms with van der Waals surface area (Å²) in [6.45, 7) is 9.85. The molecule has 1 atom stereocenters. The Balaban J connectivity index is 0.00000400. The molecule has 21 heavy (non-hydrogen) atoms. The Bertz CT molecular complexity index is 432. The molecule has 1 aromatic rings. The van der Waals surface area contributed by atoms with Gasteiger partial charge in [-0.15, -0.1) is 24.0 Å². The summed E-state index contributed by atoms with van der Waals surface area (Å²) in [4.78, 5) is 4.28. The fourth-order valence-electron chi connectivity index (χ4n) is 2.00. The monoisotopic (exact) mass is 406 g/mol. The van der Waals surface area contributed by atoms with E-state index in [0.717, 1.165) is 18.9 Å². The van der Waals surface area contributed by atoms with Gasteiger partial charge in [-0.05, 0) is 36.8 Å². The highest BCUT2D eigenvalue weighted by molar-refractivity contribution is 14.0. The molecule has 0 saturated carbocycles. The normalized spacial score (nSPS) is 13.5. The first-order valence-corrected chi connectivity index (χ1v) is 7.38. The molecule has 2 N–H and O–H groups in total. The van der Waals surface area contributed by atoms with Gasteiger partial charge in [-0.2, -0.15) is 0 Å². The van der Waals surface area contributed by atoms with E-state index in [4.69, 9.17) is 0 Å².